The lowest BCUT2D eigenvalue weighted by Gasteiger charge is -2.28. The number of hydrogen-bond acceptors (Lipinski definition) is 8. The highest BCUT2D eigenvalue weighted by Gasteiger charge is 2.58. The minimum Gasteiger partial charge on any atom is -0.465 e. The number of nitrogens with one attached hydrogen (secondary N) is 2. The van der Waals surface area contributed by atoms with Gasteiger partial charge in [-0.25, -0.2) is 15.0 Å². The van der Waals surface area contributed by atoms with Gasteiger partial charge in [0.25, 0.3) is 5.91 Å². The molecule has 2 heterocycles. The molecule has 2 aliphatic rings. The van der Waals surface area contributed by atoms with Crippen LogP contribution in [-0.2, 0) is 24.0 Å². The van der Waals surface area contributed by atoms with Crippen LogP contribution in [0.15, 0.2) is 41.7 Å². The van der Waals surface area contributed by atoms with Crippen LogP contribution in [0.2, 0.25) is 0 Å². The molecular formula is C19H23N5O6. The monoisotopic (exact) mass is 417 g/mol. The van der Waals surface area contributed by atoms with Gasteiger partial charge in [0.2, 0.25) is 0 Å². The highest BCUT2D eigenvalue weighted by atomic mass is 16.7. The Bertz CT molecular complexity index is 900. The normalized spacial score (nSPS) is 19.9. The summed E-state index contributed by atoms with van der Waals surface area (Å²) in [4.78, 5) is 56.6. The lowest BCUT2D eigenvalue weighted by atomic mass is 10.1. The van der Waals surface area contributed by atoms with Crippen LogP contribution in [0.25, 0.3) is 0 Å². The number of hydrazine groups is 1. The predicted molar refractivity (Wildman–Crippen MR) is 104 cm³/mol. The molecule has 0 radical (unpaired) electrons. The molecule has 3 rings (SSSR count). The second kappa shape index (κ2) is 8.31. The van der Waals surface area contributed by atoms with Crippen LogP contribution in [0, 0.1) is 5.92 Å². The number of anilines is 1. The highest BCUT2D eigenvalue weighted by molar-refractivity contribution is 6.00. The maximum absolute atomic E-state index is 12.7. The van der Waals surface area contributed by atoms with Gasteiger partial charge in [0.05, 0.1) is 12.3 Å². The van der Waals surface area contributed by atoms with E-state index in [1.54, 1.807) is 44.2 Å². The molecule has 2 atom stereocenters. The smallest absolute Gasteiger partial charge is 0.350 e. The zero-order chi connectivity index (χ0) is 22.0. The number of urea groups is 1. The van der Waals surface area contributed by atoms with E-state index in [1.807, 2.05) is 0 Å². The van der Waals surface area contributed by atoms with Gasteiger partial charge in [0, 0.05) is 19.8 Å². The van der Waals surface area contributed by atoms with Crippen LogP contribution >= 0.6 is 0 Å². The first-order valence-electron chi connectivity index (χ1n) is 9.28. The van der Waals surface area contributed by atoms with Crippen molar-refractivity contribution in [2.45, 2.75) is 20.0 Å². The van der Waals surface area contributed by atoms with Crippen LogP contribution in [0.1, 0.15) is 13.8 Å². The first-order chi connectivity index (χ1) is 14.3. The van der Waals surface area contributed by atoms with Gasteiger partial charge in [-0.3, -0.25) is 14.6 Å². The Hall–Kier alpha value is -3.76. The van der Waals surface area contributed by atoms with E-state index >= 15 is 0 Å². The molecule has 30 heavy (non-hydrogen) atoms. The molecule has 0 spiro atoms. The number of carbonyl (C=O) groups is 4. The summed E-state index contributed by atoms with van der Waals surface area (Å²) in [5, 5.41) is 4.96. The van der Waals surface area contributed by atoms with Crippen LogP contribution in [0.3, 0.4) is 0 Å². The summed E-state index contributed by atoms with van der Waals surface area (Å²) in [5.41, 5.74) is 3.47. The van der Waals surface area contributed by atoms with Gasteiger partial charge in [0.1, 0.15) is 0 Å². The summed E-state index contributed by atoms with van der Waals surface area (Å²) in [7, 11) is 3.08. The molecule has 1 saturated heterocycles. The Morgan fingerprint density at radius 2 is 1.87 bits per heavy atom. The van der Waals surface area contributed by atoms with E-state index in [9.17, 15) is 19.2 Å². The van der Waals surface area contributed by atoms with Crippen LogP contribution in [0.4, 0.5) is 10.5 Å². The molecule has 1 aromatic rings. The highest BCUT2D eigenvalue weighted by Crippen LogP contribution is 2.38. The average Bonchev–Trinajstić information content (AvgIpc) is 3.15. The van der Waals surface area contributed by atoms with Crippen LogP contribution in [-0.4, -0.2) is 65.7 Å². The summed E-state index contributed by atoms with van der Waals surface area (Å²) < 4.78 is 5.00. The van der Waals surface area contributed by atoms with Gasteiger partial charge < -0.3 is 19.8 Å². The number of likely N-dealkylation sites (N-methyl/N-ethyl adjacent to an activating group) is 1. The van der Waals surface area contributed by atoms with Gasteiger partial charge in [-0.15, -0.1) is 0 Å². The Balaban J connectivity index is 1.92. The van der Waals surface area contributed by atoms with Crippen molar-refractivity contribution in [2.75, 3.05) is 26.0 Å². The third-order valence-corrected chi connectivity index (χ3v) is 4.57. The first-order valence-corrected chi connectivity index (χ1v) is 9.28. The van der Waals surface area contributed by atoms with Crippen molar-refractivity contribution in [1.82, 2.24) is 20.4 Å². The number of ether oxygens (including phenoxy) is 1. The Labute approximate surface area is 173 Å². The topological polar surface area (TPSA) is 121 Å². The SMILES string of the molecule is CCOC(=O)C1C(=O)ON2C(C(=O)N(C)C)=C(C)N(NC(=O)Nc3ccccc3)C12. The number of benzene rings is 1. The van der Waals surface area contributed by atoms with Crippen molar-refractivity contribution < 1.29 is 28.8 Å². The molecule has 0 aromatic heterocycles. The Morgan fingerprint density at radius 3 is 2.47 bits per heavy atom. The van der Waals surface area contributed by atoms with Crippen molar-refractivity contribution in [1.29, 1.82) is 0 Å². The maximum Gasteiger partial charge on any atom is 0.350 e. The van der Waals surface area contributed by atoms with E-state index < -0.39 is 36.0 Å². The van der Waals surface area contributed by atoms with Gasteiger partial charge in [-0.05, 0) is 26.0 Å². The summed E-state index contributed by atoms with van der Waals surface area (Å²) in [5.74, 6) is -3.51. The number of esters is 1. The van der Waals surface area contributed by atoms with Gasteiger partial charge in [-0.1, -0.05) is 18.2 Å². The molecule has 3 amide bonds. The molecule has 2 N–H and O–H groups in total. The standard InChI is InChI=1S/C19H23N5O6/c1-5-29-17(26)13-15-23(21-19(28)20-12-9-7-6-8-10-12)11(2)14(16(25)22(3)4)24(15)30-18(13)27/h6-10,13,15H,5H2,1-4H3,(H2,20,21,28). The van der Waals surface area contributed by atoms with Gasteiger partial charge in [-0.2, -0.15) is 5.06 Å². The second-order valence-electron chi connectivity index (χ2n) is 6.82. The molecule has 0 saturated carbocycles. The summed E-state index contributed by atoms with van der Waals surface area (Å²) in [6.45, 7) is 3.25. The molecule has 1 fully saturated rings. The molecule has 1 aromatic carbocycles. The third kappa shape index (κ3) is 3.73. The zero-order valence-corrected chi connectivity index (χ0v) is 17.0. The fourth-order valence-electron chi connectivity index (χ4n) is 3.22. The van der Waals surface area contributed by atoms with Crippen molar-refractivity contribution >= 4 is 29.6 Å². The number of nitrogens with zero attached hydrogens (tertiary/aromatic N) is 3. The minimum absolute atomic E-state index is 0.0326. The van der Waals surface area contributed by atoms with Gasteiger partial charge >= 0.3 is 18.0 Å². The number of para-hydroxylation sites is 1. The summed E-state index contributed by atoms with van der Waals surface area (Å²) >= 11 is 0. The molecular weight excluding hydrogens is 394 g/mol. The molecule has 11 nitrogen and oxygen atoms in total. The van der Waals surface area contributed by atoms with E-state index in [4.69, 9.17) is 9.57 Å². The number of fused-ring (bicyclic) bond motifs is 1. The number of hydroxylamine groups is 2. The van der Waals surface area contributed by atoms with Crippen molar-refractivity contribution in [3.05, 3.63) is 41.7 Å². The zero-order valence-electron chi connectivity index (χ0n) is 17.0. The van der Waals surface area contributed by atoms with E-state index in [1.165, 1.54) is 24.0 Å². The third-order valence-electron chi connectivity index (χ3n) is 4.57. The molecule has 2 unspecified atom stereocenters. The quantitative estimate of drug-likeness (QED) is 0.529. The number of carbonyl (C=O) groups excluding carboxylic acids is 4. The Kier molecular flexibility index (Phi) is 5.81. The van der Waals surface area contributed by atoms with E-state index in [2.05, 4.69) is 10.7 Å². The maximum atomic E-state index is 12.7. The summed E-state index contributed by atoms with van der Waals surface area (Å²) in [6, 6.07) is 8.09. The molecule has 160 valence electrons. The van der Waals surface area contributed by atoms with Crippen molar-refractivity contribution in [3.8, 4) is 0 Å². The molecule has 0 bridgehead atoms. The van der Waals surface area contributed by atoms with E-state index in [0.717, 1.165) is 5.06 Å². The molecule has 2 aliphatic heterocycles. The van der Waals surface area contributed by atoms with Crippen LogP contribution in [0.5, 0.6) is 0 Å². The van der Waals surface area contributed by atoms with Crippen molar-refractivity contribution in [3.63, 3.8) is 0 Å². The minimum atomic E-state index is -1.37. The molecule has 11 heteroatoms. The van der Waals surface area contributed by atoms with Crippen LogP contribution < -0.4 is 10.7 Å². The lowest BCUT2D eigenvalue weighted by molar-refractivity contribution is -0.171. The largest absolute Gasteiger partial charge is 0.465 e. The number of rotatable bonds is 5. The number of hydrogen-bond donors (Lipinski definition) is 2. The fraction of sp³-hybridized carbons (Fsp3) is 0.368. The van der Waals surface area contributed by atoms with E-state index in [0.29, 0.717) is 11.4 Å². The Morgan fingerprint density at radius 1 is 1.20 bits per heavy atom. The summed E-state index contributed by atoms with van der Waals surface area (Å²) in [6.07, 6.45) is -1.10. The second-order valence-corrected chi connectivity index (χ2v) is 6.82. The lowest BCUT2D eigenvalue weighted by Crippen LogP contribution is -2.53. The first kappa shape index (κ1) is 21.0. The number of amides is 3. The van der Waals surface area contributed by atoms with Gasteiger partial charge in [0.15, 0.2) is 17.8 Å². The average molecular weight is 417 g/mol. The molecule has 0 aliphatic carbocycles. The predicted octanol–water partition coefficient (Wildman–Crippen LogP) is 0.638. The van der Waals surface area contributed by atoms with E-state index in [-0.39, 0.29) is 12.3 Å². The fourth-order valence-corrected chi connectivity index (χ4v) is 3.22. The van der Waals surface area contributed by atoms with Crippen molar-refractivity contribution in [2.24, 2.45) is 5.92 Å². The number of allylic oxidation sites excluding steroid dienone is 1.